The summed E-state index contributed by atoms with van der Waals surface area (Å²) in [6, 6.07) is 0. The monoisotopic (exact) mass is 306 g/mol. The Balaban J connectivity index is 3.34. The van der Waals surface area contributed by atoms with Crippen LogP contribution in [0.4, 0.5) is 0 Å². The first-order valence-electron chi connectivity index (χ1n) is 8.01. The highest BCUT2D eigenvalue weighted by Crippen LogP contribution is 2.14. The standard InChI is InChI=1S/C16H34OS2/c1-5-7-11-18-13-9-15(3)17-16(4)10-14-19-12-8-6-2/h15-16H,5-14H2,1-4H3. The molecule has 0 saturated carbocycles. The molecule has 0 aliphatic rings. The second kappa shape index (κ2) is 15.1. The molecule has 0 saturated heterocycles. The molecule has 2 atom stereocenters. The fraction of sp³-hybridized carbons (Fsp3) is 1.00. The van der Waals surface area contributed by atoms with Crippen molar-refractivity contribution in [2.45, 2.75) is 78.4 Å². The van der Waals surface area contributed by atoms with Gasteiger partial charge in [-0.2, -0.15) is 23.5 Å². The zero-order valence-corrected chi connectivity index (χ0v) is 15.1. The van der Waals surface area contributed by atoms with E-state index in [-0.39, 0.29) is 0 Å². The predicted octanol–water partition coefficient (Wildman–Crippen LogP) is 5.63. The third kappa shape index (κ3) is 14.9. The van der Waals surface area contributed by atoms with Crippen molar-refractivity contribution in [1.82, 2.24) is 0 Å². The van der Waals surface area contributed by atoms with E-state index in [1.807, 2.05) is 0 Å². The van der Waals surface area contributed by atoms with Crippen molar-refractivity contribution < 1.29 is 4.74 Å². The molecule has 0 aromatic carbocycles. The Morgan fingerprint density at radius 2 is 1.16 bits per heavy atom. The zero-order valence-electron chi connectivity index (χ0n) is 13.5. The van der Waals surface area contributed by atoms with E-state index in [9.17, 15) is 0 Å². The van der Waals surface area contributed by atoms with Gasteiger partial charge in [0, 0.05) is 0 Å². The zero-order chi connectivity index (χ0) is 14.3. The van der Waals surface area contributed by atoms with Gasteiger partial charge in [0.25, 0.3) is 0 Å². The maximum atomic E-state index is 6.04. The Kier molecular flexibility index (Phi) is 15.6. The van der Waals surface area contributed by atoms with Gasteiger partial charge in [-0.05, 0) is 62.5 Å². The number of hydrogen-bond acceptors (Lipinski definition) is 3. The lowest BCUT2D eigenvalue weighted by molar-refractivity contribution is 0.00635. The fourth-order valence-corrected chi connectivity index (χ4v) is 4.12. The molecule has 3 heteroatoms. The summed E-state index contributed by atoms with van der Waals surface area (Å²) < 4.78 is 6.04. The van der Waals surface area contributed by atoms with Crippen LogP contribution in [0.25, 0.3) is 0 Å². The predicted molar refractivity (Wildman–Crippen MR) is 93.7 cm³/mol. The Hall–Kier alpha value is 0.660. The molecule has 116 valence electrons. The van der Waals surface area contributed by atoms with Crippen LogP contribution in [0.1, 0.15) is 66.2 Å². The lowest BCUT2D eigenvalue weighted by Crippen LogP contribution is -2.18. The normalized spacial score (nSPS) is 14.5. The maximum absolute atomic E-state index is 6.04. The quantitative estimate of drug-likeness (QED) is 0.385. The second-order valence-corrected chi connectivity index (χ2v) is 7.72. The van der Waals surface area contributed by atoms with E-state index in [1.54, 1.807) is 0 Å². The average Bonchev–Trinajstić information content (AvgIpc) is 2.38. The molecular weight excluding hydrogens is 272 g/mol. The molecule has 0 aliphatic heterocycles. The van der Waals surface area contributed by atoms with Gasteiger partial charge in [0.2, 0.25) is 0 Å². The van der Waals surface area contributed by atoms with Gasteiger partial charge < -0.3 is 4.74 Å². The van der Waals surface area contributed by atoms with Gasteiger partial charge in [-0.15, -0.1) is 0 Å². The van der Waals surface area contributed by atoms with Gasteiger partial charge >= 0.3 is 0 Å². The fourth-order valence-electron chi connectivity index (χ4n) is 1.73. The molecule has 0 fully saturated rings. The summed E-state index contributed by atoms with van der Waals surface area (Å²) in [7, 11) is 0. The van der Waals surface area contributed by atoms with E-state index >= 15 is 0 Å². The first kappa shape index (κ1) is 19.7. The summed E-state index contributed by atoms with van der Waals surface area (Å²) in [6.45, 7) is 8.96. The first-order valence-corrected chi connectivity index (χ1v) is 10.3. The lowest BCUT2D eigenvalue weighted by atomic mass is 10.2. The molecule has 2 unspecified atom stereocenters. The molecule has 0 rings (SSSR count). The lowest BCUT2D eigenvalue weighted by Gasteiger charge is -2.19. The van der Waals surface area contributed by atoms with Crippen LogP contribution >= 0.6 is 23.5 Å². The van der Waals surface area contributed by atoms with Crippen LogP contribution in [0.5, 0.6) is 0 Å². The van der Waals surface area contributed by atoms with Gasteiger partial charge in [-0.1, -0.05) is 26.7 Å². The second-order valence-electron chi connectivity index (χ2n) is 5.27. The minimum Gasteiger partial charge on any atom is -0.376 e. The highest BCUT2D eigenvalue weighted by molar-refractivity contribution is 7.99. The Morgan fingerprint density at radius 1 is 0.737 bits per heavy atom. The van der Waals surface area contributed by atoms with Gasteiger partial charge in [0.1, 0.15) is 0 Å². The Labute approximate surface area is 130 Å². The third-order valence-corrected chi connectivity index (χ3v) is 5.29. The van der Waals surface area contributed by atoms with E-state index in [2.05, 4.69) is 51.2 Å². The van der Waals surface area contributed by atoms with Crippen molar-refractivity contribution >= 4 is 23.5 Å². The average molecular weight is 307 g/mol. The molecule has 0 aromatic rings. The topological polar surface area (TPSA) is 9.23 Å². The van der Waals surface area contributed by atoms with Crippen molar-refractivity contribution in [2.24, 2.45) is 0 Å². The number of thioether (sulfide) groups is 2. The van der Waals surface area contributed by atoms with Crippen molar-refractivity contribution in [3.05, 3.63) is 0 Å². The molecule has 0 radical (unpaired) electrons. The number of unbranched alkanes of at least 4 members (excludes halogenated alkanes) is 2. The van der Waals surface area contributed by atoms with Crippen LogP contribution in [0, 0.1) is 0 Å². The maximum Gasteiger partial charge on any atom is 0.0558 e. The highest BCUT2D eigenvalue weighted by atomic mass is 32.2. The summed E-state index contributed by atoms with van der Waals surface area (Å²) in [5.41, 5.74) is 0. The minimum atomic E-state index is 0.421. The molecule has 0 heterocycles. The van der Waals surface area contributed by atoms with Gasteiger partial charge in [0.15, 0.2) is 0 Å². The van der Waals surface area contributed by atoms with Crippen molar-refractivity contribution in [1.29, 1.82) is 0 Å². The van der Waals surface area contributed by atoms with Crippen molar-refractivity contribution in [3.63, 3.8) is 0 Å². The van der Waals surface area contributed by atoms with Crippen LogP contribution in [0.2, 0.25) is 0 Å². The Bertz CT molecular complexity index is 158. The smallest absolute Gasteiger partial charge is 0.0558 e. The molecule has 0 bridgehead atoms. The number of hydrogen-bond donors (Lipinski definition) is 0. The van der Waals surface area contributed by atoms with Crippen LogP contribution < -0.4 is 0 Å². The molecule has 0 aliphatic carbocycles. The summed E-state index contributed by atoms with van der Waals surface area (Å²) in [5, 5.41) is 0. The summed E-state index contributed by atoms with van der Waals surface area (Å²) >= 11 is 4.15. The molecule has 19 heavy (non-hydrogen) atoms. The third-order valence-electron chi connectivity index (χ3n) is 3.09. The van der Waals surface area contributed by atoms with Crippen LogP contribution in [0.3, 0.4) is 0 Å². The SMILES string of the molecule is CCCCSCCC(C)OC(C)CCSCCCC. The molecule has 0 aromatic heterocycles. The summed E-state index contributed by atoms with van der Waals surface area (Å²) in [4.78, 5) is 0. The van der Waals surface area contributed by atoms with E-state index in [4.69, 9.17) is 4.74 Å². The van der Waals surface area contributed by atoms with E-state index in [0.717, 1.165) is 0 Å². The largest absolute Gasteiger partial charge is 0.376 e. The van der Waals surface area contributed by atoms with Crippen LogP contribution in [-0.4, -0.2) is 35.2 Å². The molecular formula is C16H34OS2. The van der Waals surface area contributed by atoms with Gasteiger partial charge in [0.05, 0.1) is 12.2 Å². The molecule has 1 nitrogen and oxygen atoms in total. The van der Waals surface area contributed by atoms with Gasteiger partial charge in [-0.25, -0.2) is 0 Å². The van der Waals surface area contributed by atoms with E-state index in [1.165, 1.54) is 61.5 Å². The van der Waals surface area contributed by atoms with Gasteiger partial charge in [-0.3, -0.25) is 0 Å². The number of ether oxygens (including phenoxy) is 1. The minimum absolute atomic E-state index is 0.421. The van der Waals surface area contributed by atoms with Crippen LogP contribution in [0.15, 0.2) is 0 Å². The molecule has 0 amide bonds. The van der Waals surface area contributed by atoms with E-state index < -0.39 is 0 Å². The van der Waals surface area contributed by atoms with Crippen molar-refractivity contribution in [2.75, 3.05) is 23.0 Å². The summed E-state index contributed by atoms with van der Waals surface area (Å²) in [5.74, 6) is 5.12. The molecule has 0 spiro atoms. The van der Waals surface area contributed by atoms with E-state index in [0.29, 0.717) is 12.2 Å². The van der Waals surface area contributed by atoms with Crippen molar-refractivity contribution in [3.8, 4) is 0 Å². The number of rotatable bonds is 14. The summed E-state index contributed by atoms with van der Waals surface area (Å²) in [6.07, 6.45) is 8.56. The highest BCUT2D eigenvalue weighted by Gasteiger charge is 2.08. The van der Waals surface area contributed by atoms with Crippen LogP contribution in [-0.2, 0) is 4.74 Å². The Morgan fingerprint density at radius 3 is 1.53 bits per heavy atom. The molecule has 0 N–H and O–H groups in total. The first-order chi connectivity index (χ1) is 9.20.